The lowest BCUT2D eigenvalue weighted by atomic mass is 10.2. The Labute approximate surface area is 168 Å². The second-order valence-electron chi connectivity index (χ2n) is 6.73. The zero-order chi connectivity index (χ0) is 20.2. The number of aryl methyl sites for hydroxylation is 2. The van der Waals surface area contributed by atoms with E-state index in [0.29, 0.717) is 5.69 Å². The normalized spacial score (nSPS) is 11.2. The molecule has 0 aliphatic rings. The largest absolute Gasteiger partial charge is 0.458 e. The van der Waals surface area contributed by atoms with E-state index in [2.05, 4.69) is 15.1 Å². The monoisotopic (exact) mass is 384 g/mol. The molecule has 0 atom stereocenters. The summed E-state index contributed by atoms with van der Waals surface area (Å²) in [6, 6.07) is 17.4. The van der Waals surface area contributed by atoms with E-state index in [1.807, 2.05) is 73.1 Å². The first-order chi connectivity index (χ1) is 14.1. The summed E-state index contributed by atoms with van der Waals surface area (Å²) < 4.78 is 7.20. The number of ether oxygens (including phenoxy) is 1. The highest BCUT2D eigenvalue weighted by Gasteiger charge is 2.05. The van der Waals surface area contributed by atoms with Crippen LogP contribution in [0.4, 0.5) is 0 Å². The van der Waals surface area contributed by atoms with Crippen molar-refractivity contribution in [2.45, 2.75) is 20.5 Å². The smallest absolute Gasteiger partial charge is 0.331 e. The highest BCUT2D eigenvalue weighted by atomic mass is 16.5. The van der Waals surface area contributed by atoms with Gasteiger partial charge >= 0.3 is 5.97 Å². The summed E-state index contributed by atoms with van der Waals surface area (Å²) >= 11 is 0. The number of carbonyl (C=O) groups excluding carboxylic acids is 1. The lowest BCUT2D eigenvalue weighted by Crippen LogP contribution is -2.02. The molecular weight excluding hydrogens is 364 g/mol. The van der Waals surface area contributed by atoms with Gasteiger partial charge in [-0.3, -0.25) is 4.98 Å². The minimum atomic E-state index is -0.428. The standard InChI is InChI=1S/C23H20N4O2/c1-16-13-17(2)27(26-16)20-10-7-18(8-11-20)15-29-23(28)12-9-19-14-24-21-5-3-4-6-22(21)25-19/h3-14H,15H2,1-2H3/b12-9+. The quantitative estimate of drug-likeness (QED) is 0.381. The van der Waals surface area contributed by atoms with Gasteiger partial charge in [-0.1, -0.05) is 24.3 Å². The van der Waals surface area contributed by atoms with E-state index >= 15 is 0 Å². The van der Waals surface area contributed by atoms with Gasteiger partial charge in [-0.2, -0.15) is 5.10 Å². The molecule has 0 N–H and O–H groups in total. The molecule has 0 amide bonds. The maximum atomic E-state index is 12.0. The topological polar surface area (TPSA) is 69.9 Å². The highest BCUT2D eigenvalue weighted by Crippen LogP contribution is 2.14. The molecule has 144 valence electrons. The van der Waals surface area contributed by atoms with Gasteiger partial charge in [-0.05, 0) is 55.8 Å². The van der Waals surface area contributed by atoms with Crippen molar-refractivity contribution in [3.8, 4) is 5.69 Å². The highest BCUT2D eigenvalue weighted by molar-refractivity contribution is 5.87. The Bertz CT molecular complexity index is 1190. The maximum absolute atomic E-state index is 12.0. The van der Waals surface area contributed by atoms with Crippen LogP contribution in [-0.4, -0.2) is 25.7 Å². The van der Waals surface area contributed by atoms with Crippen LogP contribution in [0.2, 0.25) is 0 Å². The molecular formula is C23H20N4O2. The number of hydrogen-bond acceptors (Lipinski definition) is 5. The van der Waals surface area contributed by atoms with Crippen molar-refractivity contribution < 1.29 is 9.53 Å². The average Bonchev–Trinajstić information content (AvgIpc) is 3.09. The number of para-hydroxylation sites is 2. The Balaban J connectivity index is 1.36. The van der Waals surface area contributed by atoms with Crippen molar-refractivity contribution in [3.63, 3.8) is 0 Å². The Morgan fingerprint density at radius 2 is 1.83 bits per heavy atom. The fourth-order valence-corrected chi connectivity index (χ4v) is 3.03. The molecule has 0 fully saturated rings. The Hall–Kier alpha value is -3.80. The molecule has 0 unspecified atom stereocenters. The molecule has 4 rings (SSSR count). The maximum Gasteiger partial charge on any atom is 0.331 e. The molecule has 0 saturated heterocycles. The Morgan fingerprint density at radius 3 is 2.55 bits per heavy atom. The fourth-order valence-electron chi connectivity index (χ4n) is 3.03. The molecule has 0 spiro atoms. The van der Waals surface area contributed by atoms with Crippen LogP contribution < -0.4 is 0 Å². The zero-order valence-electron chi connectivity index (χ0n) is 16.2. The van der Waals surface area contributed by atoms with Gasteiger partial charge in [0.2, 0.25) is 0 Å². The first-order valence-electron chi connectivity index (χ1n) is 9.28. The van der Waals surface area contributed by atoms with Crippen molar-refractivity contribution in [2.75, 3.05) is 0 Å². The SMILES string of the molecule is Cc1cc(C)n(-c2ccc(COC(=O)/C=C/c3cnc4ccccc4n3)cc2)n1. The molecule has 0 aliphatic heterocycles. The van der Waals surface area contributed by atoms with E-state index in [9.17, 15) is 4.79 Å². The predicted octanol–water partition coefficient (Wildman–Crippen LogP) is 4.19. The third-order valence-corrected chi connectivity index (χ3v) is 4.43. The summed E-state index contributed by atoms with van der Waals surface area (Å²) in [6.07, 6.45) is 4.60. The molecule has 29 heavy (non-hydrogen) atoms. The predicted molar refractivity (Wildman–Crippen MR) is 111 cm³/mol. The van der Waals surface area contributed by atoms with Crippen molar-refractivity contribution in [2.24, 2.45) is 0 Å². The van der Waals surface area contributed by atoms with Crippen LogP contribution >= 0.6 is 0 Å². The number of nitrogens with zero attached hydrogens (tertiary/aromatic N) is 4. The lowest BCUT2D eigenvalue weighted by molar-refractivity contribution is -0.138. The van der Waals surface area contributed by atoms with Gasteiger partial charge in [0.1, 0.15) is 6.61 Å². The Morgan fingerprint density at radius 1 is 1.07 bits per heavy atom. The summed E-state index contributed by atoms with van der Waals surface area (Å²) in [5.41, 5.74) is 6.13. The van der Waals surface area contributed by atoms with Gasteiger partial charge in [-0.15, -0.1) is 0 Å². The molecule has 2 aromatic carbocycles. The van der Waals surface area contributed by atoms with E-state index in [1.165, 1.54) is 6.08 Å². The van der Waals surface area contributed by atoms with E-state index in [1.54, 1.807) is 12.3 Å². The number of esters is 1. The minimum Gasteiger partial charge on any atom is -0.458 e. The number of fused-ring (bicyclic) bond motifs is 1. The molecule has 2 aromatic heterocycles. The average molecular weight is 384 g/mol. The number of carbonyl (C=O) groups is 1. The van der Waals surface area contributed by atoms with E-state index in [-0.39, 0.29) is 6.61 Å². The number of hydrogen-bond donors (Lipinski definition) is 0. The Kier molecular flexibility index (Phi) is 5.16. The molecule has 0 radical (unpaired) electrons. The molecule has 6 nitrogen and oxygen atoms in total. The van der Waals surface area contributed by atoms with Gasteiger partial charge in [0, 0.05) is 11.8 Å². The van der Waals surface area contributed by atoms with E-state index in [4.69, 9.17) is 4.74 Å². The van der Waals surface area contributed by atoms with Crippen LogP contribution in [0.25, 0.3) is 22.8 Å². The van der Waals surface area contributed by atoms with Gasteiger partial charge < -0.3 is 4.74 Å². The van der Waals surface area contributed by atoms with Crippen LogP contribution in [0.3, 0.4) is 0 Å². The van der Waals surface area contributed by atoms with Crippen LogP contribution in [0.5, 0.6) is 0 Å². The van der Waals surface area contributed by atoms with Crippen LogP contribution in [0.15, 0.2) is 66.9 Å². The number of benzene rings is 2. The van der Waals surface area contributed by atoms with Gasteiger partial charge in [0.25, 0.3) is 0 Å². The van der Waals surface area contributed by atoms with Crippen LogP contribution in [0.1, 0.15) is 22.6 Å². The second kappa shape index (κ2) is 8.06. The van der Waals surface area contributed by atoms with Crippen molar-refractivity contribution in [1.29, 1.82) is 0 Å². The third-order valence-electron chi connectivity index (χ3n) is 4.43. The van der Waals surface area contributed by atoms with Gasteiger partial charge in [0.15, 0.2) is 0 Å². The first kappa shape index (κ1) is 18.6. The molecule has 0 saturated carbocycles. The zero-order valence-corrected chi connectivity index (χ0v) is 16.2. The van der Waals surface area contributed by atoms with Crippen molar-refractivity contribution in [1.82, 2.24) is 19.7 Å². The summed E-state index contributed by atoms with van der Waals surface area (Å²) in [7, 11) is 0. The minimum absolute atomic E-state index is 0.198. The fraction of sp³-hybridized carbons (Fsp3) is 0.130. The lowest BCUT2D eigenvalue weighted by Gasteiger charge is -2.06. The molecule has 2 heterocycles. The van der Waals surface area contributed by atoms with E-state index < -0.39 is 5.97 Å². The second-order valence-corrected chi connectivity index (χ2v) is 6.73. The van der Waals surface area contributed by atoms with Gasteiger partial charge in [0.05, 0.1) is 34.3 Å². The summed E-state index contributed by atoms with van der Waals surface area (Å²) in [4.78, 5) is 20.8. The summed E-state index contributed by atoms with van der Waals surface area (Å²) in [5.74, 6) is -0.428. The summed E-state index contributed by atoms with van der Waals surface area (Å²) in [6.45, 7) is 4.18. The van der Waals surface area contributed by atoms with Crippen molar-refractivity contribution in [3.05, 3.63) is 89.5 Å². The molecule has 0 bridgehead atoms. The molecule has 4 aromatic rings. The van der Waals surface area contributed by atoms with Gasteiger partial charge in [-0.25, -0.2) is 14.5 Å². The third kappa shape index (κ3) is 4.38. The summed E-state index contributed by atoms with van der Waals surface area (Å²) in [5, 5.41) is 4.47. The molecule has 0 aliphatic carbocycles. The van der Waals surface area contributed by atoms with Crippen LogP contribution in [0, 0.1) is 13.8 Å². The van der Waals surface area contributed by atoms with Crippen molar-refractivity contribution >= 4 is 23.1 Å². The molecule has 6 heteroatoms. The number of rotatable bonds is 5. The first-order valence-corrected chi connectivity index (χ1v) is 9.28. The van der Waals surface area contributed by atoms with E-state index in [0.717, 1.165) is 33.7 Å². The van der Waals surface area contributed by atoms with Crippen LogP contribution in [-0.2, 0) is 16.1 Å². The number of aromatic nitrogens is 4.